The van der Waals surface area contributed by atoms with E-state index in [4.69, 9.17) is 44.9 Å². The topological polar surface area (TPSA) is 67.9 Å². The minimum Gasteiger partial charge on any atom is -0.490 e. The van der Waals surface area contributed by atoms with Gasteiger partial charge in [-0.3, -0.25) is 19.8 Å². The SMILES string of the molecule is CCOc1cc(/C=C2\C(=O)NC(=S)N(c3ccc(Br)cc3)C2=O)ccc1OCc1ccc(Cl)cc1Cl. The van der Waals surface area contributed by atoms with E-state index < -0.39 is 11.8 Å². The summed E-state index contributed by atoms with van der Waals surface area (Å²) in [6.07, 6.45) is 1.49. The summed E-state index contributed by atoms with van der Waals surface area (Å²) in [5.41, 5.74) is 1.83. The first-order chi connectivity index (χ1) is 17.3. The van der Waals surface area contributed by atoms with Crippen molar-refractivity contribution in [2.75, 3.05) is 11.5 Å². The van der Waals surface area contributed by atoms with Gasteiger partial charge in [-0.2, -0.15) is 0 Å². The molecule has 1 aliphatic rings. The minimum atomic E-state index is -0.575. The van der Waals surface area contributed by atoms with Gasteiger partial charge in [0, 0.05) is 20.1 Å². The summed E-state index contributed by atoms with van der Waals surface area (Å²) in [5.74, 6) is -0.154. The molecule has 0 aromatic heterocycles. The highest BCUT2D eigenvalue weighted by Gasteiger charge is 2.34. The Balaban J connectivity index is 1.61. The van der Waals surface area contributed by atoms with Gasteiger partial charge in [0.25, 0.3) is 11.8 Å². The number of nitrogens with zero attached hydrogens (tertiary/aromatic N) is 1. The third-order valence-electron chi connectivity index (χ3n) is 5.16. The molecule has 1 N–H and O–H groups in total. The van der Waals surface area contributed by atoms with Gasteiger partial charge in [-0.25, -0.2) is 0 Å². The fraction of sp³-hybridized carbons (Fsp3) is 0.115. The van der Waals surface area contributed by atoms with Gasteiger partial charge in [0.1, 0.15) is 12.2 Å². The Morgan fingerprint density at radius 1 is 1.00 bits per heavy atom. The maximum atomic E-state index is 13.2. The first-order valence-electron chi connectivity index (χ1n) is 10.8. The molecule has 0 spiro atoms. The summed E-state index contributed by atoms with van der Waals surface area (Å²) in [4.78, 5) is 27.2. The largest absolute Gasteiger partial charge is 0.490 e. The maximum absolute atomic E-state index is 13.2. The number of hydrogen-bond acceptors (Lipinski definition) is 5. The van der Waals surface area contributed by atoms with Gasteiger partial charge in [0.15, 0.2) is 16.6 Å². The molecular formula is C26H19BrCl2N2O4S. The Kier molecular flexibility index (Phi) is 8.31. The number of rotatable bonds is 7. The molecule has 1 saturated heterocycles. The molecule has 0 unspecified atom stereocenters. The van der Waals surface area contributed by atoms with Gasteiger partial charge in [-0.1, -0.05) is 51.3 Å². The summed E-state index contributed by atoms with van der Waals surface area (Å²) in [6, 6.07) is 17.4. The molecule has 1 fully saturated rings. The van der Waals surface area contributed by atoms with E-state index >= 15 is 0 Å². The lowest BCUT2D eigenvalue weighted by Crippen LogP contribution is -2.54. The Labute approximate surface area is 231 Å². The van der Waals surface area contributed by atoms with E-state index in [-0.39, 0.29) is 17.3 Å². The summed E-state index contributed by atoms with van der Waals surface area (Å²) in [5, 5.41) is 3.64. The van der Waals surface area contributed by atoms with Crippen LogP contribution < -0.4 is 19.7 Å². The average Bonchev–Trinajstić information content (AvgIpc) is 2.83. The molecule has 0 bridgehead atoms. The second-order valence-corrected chi connectivity index (χ2v) is 9.74. The molecule has 0 atom stereocenters. The highest BCUT2D eigenvalue weighted by Crippen LogP contribution is 2.32. The number of halogens is 3. The minimum absolute atomic E-state index is 0.0177. The number of nitrogens with one attached hydrogen (secondary N) is 1. The van der Waals surface area contributed by atoms with Crippen LogP contribution in [-0.4, -0.2) is 23.5 Å². The molecule has 6 nitrogen and oxygen atoms in total. The molecule has 0 saturated carbocycles. The summed E-state index contributed by atoms with van der Waals surface area (Å²) in [6.45, 7) is 2.44. The van der Waals surface area contributed by atoms with Crippen LogP contribution in [0.15, 0.2) is 70.7 Å². The number of carbonyl (C=O) groups excluding carboxylic acids is 2. The number of carbonyl (C=O) groups is 2. The summed E-state index contributed by atoms with van der Waals surface area (Å²) < 4.78 is 12.5. The second-order valence-electron chi connectivity index (χ2n) is 7.60. The number of anilines is 1. The fourth-order valence-electron chi connectivity index (χ4n) is 3.45. The molecule has 4 rings (SSSR count). The molecule has 1 heterocycles. The number of amides is 2. The van der Waals surface area contributed by atoms with Crippen molar-refractivity contribution >= 4 is 80.0 Å². The Hall–Kier alpha value is -2.91. The highest BCUT2D eigenvalue weighted by atomic mass is 79.9. The van der Waals surface area contributed by atoms with E-state index in [2.05, 4.69) is 21.2 Å². The van der Waals surface area contributed by atoms with Crippen LogP contribution in [0, 0.1) is 0 Å². The van der Waals surface area contributed by atoms with Crippen LogP contribution in [0.3, 0.4) is 0 Å². The lowest BCUT2D eigenvalue weighted by Gasteiger charge is -2.29. The van der Waals surface area contributed by atoms with Crippen LogP contribution in [0.4, 0.5) is 5.69 Å². The van der Waals surface area contributed by atoms with Crippen LogP contribution >= 0.6 is 51.3 Å². The van der Waals surface area contributed by atoms with Crippen LogP contribution in [0.1, 0.15) is 18.1 Å². The van der Waals surface area contributed by atoms with Gasteiger partial charge in [0.05, 0.1) is 12.3 Å². The quantitative estimate of drug-likeness (QED) is 0.188. The van der Waals surface area contributed by atoms with E-state index in [1.165, 1.54) is 11.0 Å². The second kappa shape index (κ2) is 11.4. The third-order valence-corrected chi connectivity index (χ3v) is 6.56. The van der Waals surface area contributed by atoms with Gasteiger partial charge in [-0.15, -0.1) is 0 Å². The van der Waals surface area contributed by atoms with Crippen LogP contribution in [0.25, 0.3) is 6.08 Å². The van der Waals surface area contributed by atoms with Gasteiger partial charge in [0.2, 0.25) is 0 Å². The van der Waals surface area contributed by atoms with Crippen LogP contribution in [0.5, 0.6) is 11.5 Å². The Bertz CT molecular complexity index is 1380. The number of ether oxygens (including phenoxy) is 2. The smallest absolute Gasteiger partial charge is 0.270 e. The molecule has 10 heteroatoms. The molecular weight excluding hydrogens is 587 g/mol. The first-order valence-corrected chi connectivity index (χ1v) is 12.7. The van der Waals surface area contributed by atoms with Crippen LogP contribution in [0.2, 0.25) is 10.0 Å². The third kappa shape index (κ3) is 5.90. The zero-order chi connectivity index (χ0) is 25.8. The van der Waals surface area contributed by atoms with Crippen molar-refractivity contribution in [2.24, 2.45) is 0 Å². The van der Waals surface area contributed by atoms with Crippen LogP contribution in [-0.2, 0) is 16.2 Å². The number of hydrogen-bond donors (Lipinski definition) is 1. The summed E-state index contributed by atoms with van der Waals surface area (Å²) >= 11 is 20.8. The maximum Gasteiger partial charge on any atom is 0.270 e. The van der Waals surface area contributed by atoms with Crippen molar-refractivity contribution in [3.63, 3.8) is 0 Å². The predicted octanol–water partition coefficient (Wildman–Crippen LogP) is 6.56. The first kappa shape index (κ1) is 26.2. The monoisotopic (exact) mass is 604 g/mol. The lowest BCUT2D eigenvalue weighted by atomic mass is 10.1. The van der Waals surface area contributed by atoms with E-state index in [1.54, 1.807) is 60.7 Å². The number of benzene rings is 3. The molecule has 2 amide bonds. The lowest BCUT2D eigenvalue weighted by molar-refractivity contribution is -0.122. The van der Waals surface area contributed by atoms with Crippen molar-refractivity contribution in [1.29, 1.82) is 0 Å². The van der Waals surface area contributed by atoms with Gasteiger partial charge in [-0.05, 0) is 79.3 Å². The zero-order valence-corrected chi connectivity index (χ0v) is 22.8. The Morgan fingerprint density at radius 3 is 2.44 bits per heavy atom. The molecule has 0 aliphatic carbocycles. The number of thiocarbonyl (C=S) groups is 1. The van der Waals surface area contributed by atoms with Crippen molar-refractivity contribution in [3.05, 3.63) is 91.9 Å². The van der Waals surface area contributed by atoms with Crippen molar-refractivity contribution in [2.45, 2.75) is 13.5 Å². The van der Waals surface area contributed by atoms with Crippen molar-refractivity contribution < 1.29 is 19.1 Å². The predicted molar refractivity (Wildman–Crippen MR) is 149 cm³/mol. The molecule has 1 aliphatic heterocycles. The normalized spacial score (nSPS) is 14.7. The standard InChI is InChI=1S/C26H19BrCl2N2O4S/c1-2-34-23-12-15(3-10-22(23)35-14-16-4-7-18(28)13-21(16)29)11-20-24(32)30-26(36)31(25(20)33)19-8-5-17(27)6-9-19/h3-13H,2,14H2,1H3,(H,30,32,36)/b20-11+. The zero-order valence-electron chi connectivity index (χ0n) is 18.9. The van der Waals surface area contributed by atoms with Crippen molar-refractivity contribution in [1.82, 2.24) is 5.32 Å². The van der Waals surface area contributed by atoms with Gasteiger partial charge >= 0.3 is 0 Å². The molecule has 3 aromatic rings. The summed E-state index contributed by atoms with van der Waals surface area (Å²) in [7, 11) is 0. The van der Waals surface area contributed by atoms with Crippen molar-refractivity contribution in [3.8, 4) is 11.5 Å². The Morgan fingerprint density at radius 2 is 1.75 bits per heavy atom. The molecule has 184 valence electrons. The molecule has 0 radical (unpaired) electrons. The fourth-order valence-corrected chi connectivity index (χ4v) is 4.45. The van der Waals surface area contributed by atoms with E-state index in [1.807, 2.05) is 6.92 Å². The molecule has 36 heavy (non-hydrogen) atoms. The highest BCUT2D eigenvalue weighted by molar-refractivity contribution is 9.10. The average molecular weight is 606 g/mol. The van der Waals surface area contributed by atoms with E-state index in [0.717, 1.165) is 10.0 Å². The van der Waals surface area contributed by atoms with E-state index in [9.17, 15) is 9.59 Å². The van der Waals surface area contributed by atoms with Gasteiger partial charge < -0.3 is 9.47 Å². The molecule has 3 aromatic carbocycles. The van der Waals surface area contributed by atoms with E-state index in [0.29, 0.717) is 39.4 Å².